The Morgan fingerprint density at radius 2 is 1.76 bits per heavy atom. The molecule has 1 atom stereocenters. The van der Waals surface area contributed by atoms with Crippen molar-refractivity contribution in [3.8, 4) is 5.75 Å². The van der Waals surface area contributed by atoms with Gasteiger partial charge in [0.2, 0.25) is 5.76 Å². The van der Waals surface area contributed by atoms with Crippen molar-refractivity contribution >= 4 is 45.9 Å². The van der Waals surface area contributed by atoms with E-state index in [0.29, 0.717) is 33.7 Å². The second-order valence-electron chi connectivity index (χ2n) is 8.68. The smallest absolute Gasteiger partial charge is 0.296 e. The van der Waals surface area contributed by atoms with E-state index in [0.717, 1.165) is 5.56 Å². The number of hydrogen-bond acceptors (Lipinski definition) is 6. The van der Waals surface area contributed by atoms with Gasteiger partial charge in [0.1, 0.15) is 23.7 Å². The molecule has 1 aliphatic heterocycles. The molecule has 6 rings (SSSR count). The second-order valence-corrected chi connectivity index (χ2v) is 9.55. The molecular formula is C28H18Cl2N2O5. The summed E-state index contributed by atoms with van der Waals surface area (Å²) in [6.07, 6.45) is 0. The summed E-state index contributed by atoms with van der Waals surface area (Å²) in [5.74, 6) is 0.826. The molecule has 184 valence electrons. The maximum atomic E-state index is 13.7. The fraction of sp³-hybridized carbons (Fsp3) is 0.107. The fourth-order valence-electron chi connectivity index (χ4n) is 4.49. The summed E-state index contributed by atoms with van der Waals surface area (Å²) in [5, 5.41) is 5.37. The van der Waals surface area contributed by atoms with E-state index in [1.165, 1.54) is 4.90 Å². The molecule has 0 aliphatic carbocycles. The highest BCUT2D eigenvalue weighted by atomic mass is 35.5. The second kappa shape index (κ2) is 9.10. The minimum Gasteiger partial charge on any atom is -0.489 e. The van der Waals surface area contributed by atoms with Gasteiger partial charge in [0.25, 0.3) is 5.91 Å². The third kappa shape index (κ3) is 4.16. The first-order valence-electron chi connectivity index (χ1n) is 11.4. The van der Waals surface area contributed by atoms with Crippen LogP contribution in [-0.4, -0.2) is 11.1 Å². The largest absolute Gasteiger partial charge is 0.489 e. The SMILES string of the molecule is Cc1cc(N2C(=O)c3oc4ccc(Cl)cc4c(=O)c3[C@H]2c2cccc(OCc3ccc(Cl)cc3)c2)no1. The van der Waals surface area contributed by atoms with Crippen molar-refractivity contribution in [1.82, 2.24) is 5.16 Å². The first-order valence-corrected chi connectivity index (χ1v) is 12.1. The van der Waals surface area contributed by atoms with Gasteiger partial charge < -0.3 is 13.7 Å². The minimum absolute atomic E-state index is 0.0436. The number of nitrogens with zero attached hydrogens (tertiary/aromatic N) is 2. The van der Waals surface area contributed by atoms with Gasteiger partial charge in [0, 0.05) is 16.1 Å². The number of rotatable bonds is 5. The van der Waals surface area contributed by atoms with Gasteiger partial charge >= 0.3 is 0 Å². The minimum atomic E-state index is -0.814. The molecule has 9 heteroatoms. The number of anilines is 1. The van der Waals surface area contributed by atoms with Crippen LogP contribution >= 0.6 is 23.2 Å². The summed E-state index contributed by atoms with van der Waals surface area (Å²) < 4.78 is 17.2. The monoisotopic (exact) mass is 532 g/mol. The number of benzene rings is 3. The molecule has 0 spiro atoms. The van der Waals surface area contributed by atoms with E-state index in [1.807, 2.05) is 24.3 Å². The van der Waals surface area contributed by atoms with Crippen LogP contribution < -0.4 is 15.1 Å². The normalized spacial score (nSPS) is 14.8. The van der Waals surface area contributed by atoms with Gasteiger partial charge in [-0.05, 0) is 60.5 Å². The molecule has 5 aromatic rings. The van der Waals surface area contributed by atoms with Gasteiger partial charge in [-0.3, -0.25) is 14.5 Å². The molecule has 0 bridgehead atoms. The van der Waals surface area contributed by atoms with Gasteiger partial charge in [-0.2, -0.15) is 0 Å². The topological polar surface area (TPSA) is 85.8 Å². The Bertz CT molecular complexity index is 1730. The summed E-state index contributed by atoms with van der Waals surface area (Å²) in [4.78, 5) is 28.8. The first kappa shape index (κ1) is 23.3. The van der Waals surface area contributed by atoms with Crippen LogP contribution in [0.4, 0.5) is 5.82 Å². The number of carbonyl (C=O) groups excluding carboxylic acids is 1. The van der Waals surface area contributed by atoms with Crippen molar-refractivity contribution < 1.29 is 18.5 Å². The number of amides is 1. The first-order chi connectivity index (χ1) is 17.9. The molecule has 2 aromatic heterocycles. The van der Waals surface area contributed by atoms with Crippen molar-refractivity contribution in [3.05, 3.63) is 121 Å². The number of fused-ring (bicyclic) bond motifs is 2. The zero-order valence-corrected chi connectivity index (χ0v) is 20.9. The van der Waals surface area contributed by atoms with Gasteiger partial charge in [-0.25, -0.2) is 0 Å². The Kier molecular flexibility index (Phi) is 5.74. The van der Waals surface area contributed by atoms with Crippen LogP contribution in [0.15, 0.2) is 86.5 Å². The summed E-state index contributed by atoms with van der Waals surface area (Å²) in [7, 11) is 0. The van der Waals surface area contributed by atoms with Crippen LogP contribution in [0.5, 0.6) is 5.75 Å². The summed E-state index contributed by atoms with van der Waals surface area (Å²) in [6.45, 7) is 2.04. The van der Waals surface area contributed by atoms with Crippen LogP contribution in [0, 0.1) is 6.92 Å². The number of halogens is 2. The maximum Gasteiger partial charge on any atom is 0.296 e. The average molecular weight is 533 g/mol. The van der Waals surface area contributed by atoms with Gasteiger partial charge in [0.05, 0.1) is 17.0 Å². The quantitative estimate of drug-likeness (QED) is 0.249. The van der Waals surface area contributed by atoms with Gasteiger partial charge in [0.15, 0.2) is 11.2 Å². The lowest BCUT2D eigenvalue weighted by atomic mass is 9.98. The van der Waals surface area contributed by atoms with E-state index in [1.54, 1.807) is 55.5 Å². The third-order valence-corrected chi connectivity index (χ3v) is 6.67. The summed E-state index contributed by atoms with van der Waals surface area (Å²) in [5.41, 5.74) is 1.73. The van der Waals surface area contributed by atoms with Crippen molar-refractivity contribution in [2.75, 3.05) is 4.90 Å². The van der Waals surface area contributed by atoms with Crippen molar-refractivity contribution in [2.45, 2.75) is 19.6 Å². The average Bonchev–Trinajstić information content (AvgIpc) is 3.45. The van der Waals surface area contributed by atoms with E-state index in [4.69, 9.17) is 36.9 Å². The molecule has 0 radical (unpaired) electrons. The number of ether oxygens (including phenoxy) is 1. The lowest BCUT2D eigenvalue weighted by Gasteiger charge is -2.23. The molecule has 0 unspecified atom stereocenters. The summed E-state index contributed by atoms with van der Waals surface area (Å²) >= 11 is 12.1. The lowest BCUT2D eigenvalue weighted by Crippen LogP contribution is -2.29. The molecule has 0 saturated carbocycles. The molecule has 0 saturated heterocycles. The molecule has 1 amide bonds. The van der Waals surface area contributed by atoms with Crippen molar-refractivity contribution in [1.29, 1.82) is 0 Å². The Labute approximate surface area is 220 Å². The number of aromatic nitrogens is 1. The molecular weight excluding hydrogens is 515 g/mol. The zero-order chi connectivity index (χ0) is 25.7. The van der Waals surface area contributed by atoms with Crippen LogP contribution in [0.25, 0.3) is 11.0 Å². The fourth-order valence-corrected chi connectivity index (χ4v) is 4.78. The zero-order valence-electron chi connectivity index (χ0n) is 19.4. The van der Waals surface area contributed by atoms with Crippen LogP contribution in [0.3, 0.4) is 0 Å². The van der Waals surface area contributed by atoms with E-state index in [2.05, 4.69) is 5.16 Å². The molecule has 3 aromatic carbocycles. The Morgan fingerprint density at radius 3 is 2.51 bits per heavy atom. The predicted molar refractivity (Wildman–Crippen MR) is 140 cm³/mol. The highest BCUT2D eigenvalue weighted by Crippen LogP contribution is 2.41. The molecule has 0 fully saturated rings. The van der Waals surface area contributed by atoms with Crippen molar-refractivity contribution in [3.63, 3.8) is 0 Å². The Hall–Kier alpha value is -4.07. The molecule has 3 heterocycles. The lowest BCUT2D eigenvalue weighted by molar-refractivity contribution is 0.0969. The van der Waals surface area contributed by atoms with E-state index >= 15 is 0 Å². The molecule has 37 heavy (non-hydrogen) atoms. The summed E-state index contributed by atoms with van der Waals surface area (Å²) in [6, 6.07) is 20.1. The van der Waals surface area contributed by atoms with Crippen LogP contribution in [-0.2, 0) is 6.61 Å². The number of carbonyl (C=O) groups is 1. The molecule has 7 nitrogen and oxygen atoms in total. The van der Waals surface area contributed by atoms with Gasteiger partial charge in [-0.15, -0.1) is 0 Å². The standard InChI is InChI=1S/C28H18Cl2N2O5/c1-15-11-23(31-37-15)32-25(17-3-2-4-20(12-17)35-14-16-5-7-18(29)8-6-16)24-26(33)21-13-19(30)9-10-22(21)36-27(24)28(32)34/h2-13,25H,14H2,1H3/t25-/m1/s1. The van der Waals surface area contributed by atoms with Gasteiger partial charge in [-0.1, -0.05) is 52.6 Å². The van der Waals surface area contributed by atoms with Crippen LogP contribution in [0.1, 0.15) is 39.0 Å². The van der Waals surface area contributed by atoms with E-state index < -0.39 is 11.9 Å². The highest BCUT2D eigenvalue weighted by molar-refractivity contribution is 6.31. The van der Waals surface area contributed by atoms with E-state index in [-0.39, 0.29) is 33.5 Å². The maximum absolute atomic E-state index is 13.7. The highest BCUT2D eigenvalue weighted by Gasteiger charge is 2.45. The van der Waals surface area contributed by atoms with E-state index in [9.17, 15) is 9.59 Å². The number of aryl methyl sites for hydroxylation is 1. The Morgan fingerprint density at radius 1 is 0.973 bits per heavy atom. The Balaban J connectivity index is 1.47. The molecule has 0 N–H and O–H groups in total. The molecule has 1 aliphatic rings. The van der Waals surface area contributed by atoms with Crippen molar-refractivity contribution in [2.24, 2.45) is 0 Å². The predicted octanol–water partition coefficient (Wildman–Crippen LogP) is 6.73. The van der Waals surface area contributed by atoms with Crippen LogP contribution in [0.2, 0.25) is 10.0 Å². The third-order valence-electron chi connectivity index (χ3n) is 6.19. The number of hydrogen-bond donors (Lipinski definition) is 0.